The van der Waals surface area contributed by atoms with Gasteiger partial charge in [0.05, 0.1) is 5.69 Å². The minimum atomic E-state index is -4.93. The molecule has 1 aromatic rings. The highest BCUT2D eigenvalue weighted by atomic mass is 19.4. The van der Waals surface area contributed by atoms with Crippen molar-refractivity contribution < 1.29 is 17.6 Å². The molecular weight excluding hydrogens is 188 g/mol. The fraction of sp³-hybridized carbons (Fsp3) is 0.286. The van der Waals surface area contributed by atoms with E-state index in [9.17, 15) is 17.6 Å². The smallest absolute Gasteiger partial charge is 0.384 e. The maximum absolute atomic E-state index is 12.6. The minimum absolute atomic E-state index is 0.135. The SMILES string of the molecule is Nc1cccc(C(F)C(F)(F)F)n1. The normalized spacial score (nSPS) is 14.2. The van der Waals surface area contributed by atoms with Crippen LogP contribution in [0.4, 0.5) is 23.4 Å². The van der Waals surface area contributed by atoms with E-state index < -0.39 is 18.0 Å². The Kier molecular flexibility index (Phi) is 2.40. The Hall–Kier alpha value is -1.33. The lowest BCUT2D eigenvalue weighted by molar-refractivity contribution is -0.183. The van der Waals surface area contributed by atoms with Gasteiger partial charge >= 0.3 is 6.18 Å². The number of rotatable bonds is 1. The van der Waals surface area contributed by atoms with E-state index in [2.05, 4.69) is 4.98 Å². The van der Waals surface area contributed by atoms with Crippen molar-refractivity contribution in [3.05, 3.63) is 23.9 Å². The summed E-state index contributed by atoms with van der Waals surface area (Å²) in [5.41, 5.74) is 4.38. The van der Waals surface area contributed by atoms with Crippen LogP contribution in [0.5, 0.6) is 0 Å². The van der Waals surface area contributed by atoms with Gasteiger partial charge in [-0.3, -0.25) is 0 Å². The van der Waals surface area contributed by atoms with Crippen LogP contribution >= 0.6 is 0 Å². The number of pyridine rings is 1. The van der Waals surface area contributed by atoms with Crippen molar-refractivity contribution in [3.8, 4) is 0 Å². The average molecular weight is 194 g/mol. The molecule has 0 bridgehead atoms. The van der Waals surface area contributed by atoms with Crippen LogP contribution < -0.4 is 5.73 Å². The van der Waals surface area contributed by atoms with E-state index in [1.165, 1.54) is 12.1 Å². The van der Waals surface area contributed by atoms with Gasteiger partial charge in [-0.25, -0.2) is 9.37 Å². The van der Waals surface area contributed by atoms with E-state index in [1.807, 2.05) is 0 Å². The molecule has 1 aromatic heterocycles. The summed E-state index contributed by atoms with van der Waals surface area (Å²) in [6, 6.07) is 3.44. The molecule has 1 atom stereocenters. The van der Waals surface area contributed by atoms with Crippen LogP contribution in [0.1, 0.15) is 11.9 Å². The van der Waals surface area contributed by atoms with Gasteiger partial charge in [-0.05, 0) is 12.1 Å². The van der Waals surface area contributed by atoms with Gasteiger partial charge in [0.1, 0.15) is 5.82 Å². The van der Waals surface area contributed by atoms with Crippen LogP contribution in [-0.2, 0) is 0 Å². The van der Waals surface area contributed by atoms with Gasteiger partial charge in [-0.15, -0.1) is 0 Å². The number of anilines is 1. The number of halogens is 4. The van der Waals surface area contributed by atoms with Crippen LogP contribution in [-0.4, -0.2) is 11.2 Å². The van der Waals surface area contributed by atoms with Gasteiger partial charge in [-0.2, -0.15) is 13.2 Å². The number of alkyl halides is 4. The fourth-order valence-corrected chi connectivity index (χ4v) is 0.778. The number of nitrogens with two attached hydrogens (primary N) is 1. The third-order valence-electron chi connectivity index (χ3n) is 1.34. The quantitative estimate of drug-likeness (QED) is 0.696. The zero-order valence-corrected chi connectivity index (χ0v) is 6.35. The van der Waals surface area contributed by atoms with Crippen molar-refractivity contribution in [2.75, 3.05) is 5.73 Å². The lowest BCUT2D eigenvalue weighted by atomic mass is 10.2. The maximum Gasteiger partial charge on any atom is 0.425 e. The average Bonchev–Trinajstić information content (AvgIpc) is 2.01. The summed E-state index contributed by atoms with van der Waals surface area (Å²) in [4.78, 5) is 3.22. The van der Waals surface area contributed by atoms with Crippen molar-refractivity contribution in [2.45, 2.75) is 12.3 Å². The Balaban J connectivity index is 2.96. The van der Waals surface area contributed by atoms with Gasteiger partial charge < -0.3 is 5.73 Å². The molecule has 6 heteroatoms. The molecule has 0 aliphatic heterocycles. The lowest BCUT2D eigenvalue weighted by Gasteiger charge is -2.11. The predicted molar refractivity (Wildman–Crippen MR) is 38.6 cm³/mol. The van der Waals surface area contributed by atoms with Gasteiger partial charge in [0.25, 0.3) is 0 Å². The van der Waals surface area contributed by atoms with Gasteiger partial charge in [0, 0.05) is 0 Å². The molecule has 0 radical (unpaired) electrons. The molecule has 1 rings (SSSR count). The molecule has 0 spiro atoms. The Morgan fingerprint density at radius 2 is 1.92 bits per heavy atom. The van der Waals surface area contributed by atoms with E-state index in [4.69, 9.17) is 5.73 Å². The molecule has 0 saturated carbocycles. The number of nitrogens with zero attached hydrogens (tertiary/aromatic N) is 1. The van der Waals surface area contributed by atoms with Crippen LogP contribution in [0.15, 0.2) is 18.2 Å². The first kappa shape index (κ1) is 9.76. The monoisotopic (exact) mass is 194 g/mol. The molecular formula is C7H6F4N2. The topological polar surface area (TPSA) is 38.9 Å². The molecule has 0 fully saturated rings. The first-order chi connectivity index (χ1) is 5.91. The first-order valence-electron chi connectivity index (χ1n) is 3.34. The van der Waals surface area contributed by atoms with Gasteiger partial charge in [0.15, 0.2) is 0 Å². The van der Waals surface area contributed by atoms with E-state index in [0.717, 1.165) is 6.07 Å². The summed E-state index contributed by atoms with van der Waals surface area (Å²) in [6.07, 6.45) is -8.00. The molecule has 1 unspecified atom stereocenters. The molecule has 13 heavy (non-hydrogen) atoms. The second kappa shape index (κ2) is 3.20. The summed E-state index contributed by atoms with van der Waals surface area (Å²) in [6.45, 7) is 0. The van der Waals surface area contributed by atoms with E-state index in [1.54, 1.807) is 0 Å². The standard InChI is InChI=1S/C7H6F4N2/c8-6(7(9,10)11)4-2-1-3-5(12)13-4/h1-3,6H,(H2,12,13). The lowest BCUT2D eigenvalue weighted by Crippen LogP contribution is -2.17. The van der Waals surface area contributed by atoms with Crippen molar-refractivity contribution >= 4 is 5.82 Å². The second-order valence-electron chi connectivity index (χ2n) is 2.39. The first-order valence-corrected chi connectivity index (χ1v) is 3.34. The highest BCUT2D eigenvalue weighted by molar-refractivity contribution is 5.29. The molecule has 0 amide bonds. The second-order valence-corrected chi connectivity index (χ2v) is 2.39. The summed E-state index contributed by atoms with van der Waals surface area (Å²) in [5.74, 6) is -0.135. The number of hydrogen-bond donors (Lipinski definition) is 1. The van der Waals surface area contributed by atoms with Crippen LogP contribution in [0, 0.1) is 0 Å². The number of aromatic nitrogens is 1. The van der Waals surface area contributed by atoms with Crippen molar-refractivity contribution in [1.29, 1.82) is 0 Å². The summed E-state index contributed by atoms with van der Waals surface area (Å²) >= 11 is 0. The number of nitrogen functional groups attached to an aromatic ring is 1. The Bertz CT molecular complexity index is 297. The van der Waals surface area contributed by atoms with Crippen LogP contribution in [0.25, 0.3) is 0 Å². The molecule has 2 N–H and O–H groups in total. The molecule has 0 saturated heterocycles. The molecule has 0 aliphatic rings. The largest absolute Gasteiger partial charge is 0.425 e. The Morgan fingerprint density at radius 1 is 1.31 bits per heavy atom. The van der Waals surface area contributed by atoms with E-state index in [-0.39, 0.29) is 5.82 Å². The Labute approximate surface area is 71.4 Å². The molecule has 0 aromatic carbocycles. The number of hydrogen-bond acceptors (Lipinski definition) is 2. The van der Waals surface area contributed by atoms with Gasteiger partial charge in [-0.1, -0.05) is 6.07 Å². The van der Waals surface area contributed by atoms with Crippen LogP contribution in [0.3, 0.4) is 0 Å². The van der Waals surface area contributed by atoms with E-state index >= 15 is 0 Å². The fourth-order valence-electron chi connectivity index (χ4n) is 0.778. The Morgan fingerprint density at radius 3 is 2.38 bits per heavy atom. The van der Waals surface area contributed by atoms with Crippen molar-refractivity contribution in [2.24, 2.45) is 0 Å². The zero-order valence-electron chi connectivity index (χ0n) is 6.35. The highest BCUT2D eigenvalue weighted by Gasteiger charge is 2.42. The van der Waals surface area contributed by atoms with Crippen molar-refractivity contribution in [3.63, 3.8) is 0 Å². The van der Waals surface area contributed by atoms with Crippen LogP contribution in [0.2, 0.25) is 0 Å². The zero-order chi connectivity index (χ0) is 10.1. The highest BCUT2D eigenvalue weighted by Crippen LogP contribution is 2.34. The van der Waals surface area contributed by atoms with Gasteiger partial charge in [0.2, 0.25) is 6.17 Å². The minimum Gasteiger partial charge on any atom is -0.384 e. The molecule has 2 nitrogen and oxygen atoms in total. The third kappa shape index (κ3) is 2.30. The van der Waals surface area contributed by atoms with Crippen molar-refractivity contribution in [1.82, 2.24) is 4.98 Å². The molecule has 1 heterocycles. The summed E-state index contributed by atoms with van der Waals surface area (Å²) in [7, 11) is 0. The maximum atomic E-state index is 12.6. The predicted octanol–water partition coefficient (Wildman–Crippen LogP) is 2.24. The molecule has 72 valence electrons. The van der Waals surface area contributed by atoms with E-state index in [0.29, 0.717) is 0 Å². The third-order valence-corrected chi connectivity index (χ3v) is 1.34. The summed E-state index contributed by atoms with van der Waals surface area (Å²) < 4.78 is 48.0. The summed E-state index contributed by atoms with van der Waals surface area (Å²) in [5, 5.41) is 0. The molecule has 0 aliphatic carbocycles.